The molecule has 0 bridgehead atoms. The minimum absolute atomic E-state index is 0.109. The third kappa shape index (κ3) is 6.02. The van der Waals surface area contributed by atoms with E-state index in [9.17, 15) is 0 Å². The molecule has 0 unspecified atom stereocenters. The van der Waals surface area contributed by atoms with Crippen LogP contribution in [0.25, 0.3) is 88.3 Å². The van der Waals surface area contributed by atoms with Crippen LogP contribution in [0.15, 0.2) is 229 Å². The van der Waals surface area contributed by atoms with Crippen LogP contribution in [-0.2, 0) is 5.41 Å². The molecule has 0 radical (unpaired) electrons. The molecular formula is C61H43NO. The smallest absolute Gasteiger partial charge is 0.143 e. The molecule has 1 heterocycles. The van der Waals surface area contributed by atoms with Gasteiger partial charge in [0.15, 0.2) is 0 Å². The summed E-state index contributed by atoms with van der Waals surface area (Å²) in [5, 5.41) is 4.76. The molecule has 2 heteroatoms. The Morgan fingerprint density at radius 2 is 0.841 bits per heavy atom. The first-order valence-electron chi connectivity index (χ1n) is 21.8. The van der Waals surface area contributed by atoms with Crippen molar-refractivity contribution in [3.63, 3.8) is 0 Å². The molecule has 63 heavy (non-hydrogen) atoms. The fraction of sp³-hybridized carbons (Fsp3) is 0.0492. The van der Waals surface area contributed by atoms with Crippen LogP contribution in [-0.4, -0.2) is 0 Å². The van der Waals surface area contributed by atoms with Crippen molar-refractivity contribution in [1.82, 2.24) is 0 Å². The van der Waals surface area contributed by atoms with E-state index in [0.29, 0.717) is 0 Å². The van der Waals surface area contributed by atoms with Crippen LogP contribution in [0.3, 0.4) is 0 Å². The average Bonchev–Trinajstić information content (AvgIpc) is 3.84. The van der Waals surface area contributed by atoms with E-state index in [1.165, 1.54) is 66.4 Å². The van der Waals surface area contributed by atoms with E-state index in [1.807, 2.05) is 6.07 Å². The molecule has 2 nitrogen and oxygen atoms in total. The summed E-state index contributed by atoms with van der Waals surface area (Å²) in [4.78, 5) is 2.39. The number of anilines is 3. The maximum absolute atomic E-state index is 6.63. The van der Waals surface area contributed by atoms with Crippen molar-refractivity contribution in [3.05, 3.63) is 236 Å². The van der Waals surface area contributed by atoms with Gasteiger partial charge in [-0.05, 0) is 103 Å². The SMILES string of the molecule is CC1(C)c2ccccc2-c2cccc(-c3ccc(N(c4ccc(-c5ccc(-c6cccc7ccccc67)cc5)cc4)c4ccccc4-c4cccc5c4oc4ccccc45)cc3)c21. The lowest BCUT2D eigenvalue weighted by atomic mass is 9.79. The number of rotatable bonds is 7. The van der Waals surface area contributed by atoms with Crippen molar-refractivity contribution in [2.45, 2.75) is 19.3 Å². The molecule has 0 saturated carbocycles. The Labute approximate surface area is 368 Å². The van der Waals surface area contributed by atoms with Crippen molar-refractivity contribution in [1.29, 1.82) is 0 Å². The van der Waals surface area contributed by atoms with Gasteiger partial charge in [-0.3, -0.25) is 0 Å². The minimum atomic E-state index is -0.109. The molecule has 1 aromatic heterocycles. The van der Waals surface area contributed by atoms with Crippen molar-refractivity contribution >= 4 is 49.8 Å². The number of furan rings is 1. The van der Waals surface area contributed by atoms with Crippen LogP contribution in [0.5, 0.6) is 0 Å². The van der Waals surface area contributed by atoms with Crippen LogP contribution in [0.4, 0.5) is 17.1 Å². The van der Waals surface area contributed by atoms with Crippen molar-refractivity contribution < 1.29 is 4.42 Å². The number of hydrogen-bond donors (Lipinski definition) is 0. The van der Waals surface area contributed by atoms with Gasteiger partial charge in [-0.2, -0.15) is 0 Å². The molecule has 0 N–H and O–H groups in total. The van der Waals surface area contributed by atoms with Gasteiger partial charge in [0, 0.05) is 38.7 Å². The van der Waals surface area contributed by atoms with Gasteiger partial charge in [-0.1, -0.05) is 202 Å². The zero-order chi connectivity index (χ0) is 42.1. The molecule has 0 amide bonds. The summed E-state index contributed by atoms with van der Waals surface area (Å²) in [6, 6.07) is 81.5. The molecule has 0 atom stereocenters. The minimum Gasteiger partial charge on any atom is -0.455 e. The first kappa shape index (κ1) is 36.9. The normalized spacial score (nSPS) is 12.7. The fourth-order valence-electron chi connectivity index (χ4n) is 10.3. The molecule has 0 saturated heterocycles. The van der Waals surface area contributed by atoms with Crippen molar-refractivity contribution in [2.24, 2.45) is 0 Å². The number of para-hydroxylation sites is 3. The van der Waals surface area contributed by atoms with E-state index < -0.39 is 0 Å². The summed E-state index contributed by atoms with van der Waals surface area (Å²) >= 11 is 0. The highest BCUT2D eigenvalue weighted by Crippen LogP contribution is 2.52. The van der Waals surface area contributed by atoms with E-state index in [0.717, 1.165) is 50.1 Å². The summed E-state index contributed by atoms with van der Waals surface area (Å²) in [6.07, 6.45) is 0. The monoisotopic (exact) mass is 805 g/mol. The molecule has 12 rings (SSSR count). The van der Waals surface area contributed by atoms with Crippen LogP contribution in [0.2, 0.25) is 0 Å². The third-order valence-electron chi connectivity index (χ3n) is 13.3. The van der Waals surface area contributed by atoms with Crippen LogP contribution in [0.1, 0.15) is 25.0 Å². The van der Waals surface area contributed by atoms with Crippen molar-refractivity contribution in [2.75, 3.05) is 4.90 Å². The van der Waals surface area contributed by atoms with Gasteiger partial charge in [0.2, 0.25) is 0 Å². The van der Waals surface area contributed by atoms with E-state index in [-0.39, 0.29) is 5.41 Å². The Bertz CT molecular complexity index is 3510. The maximum Gasteiger partial charge on any atom is 0.143 e. The zero-order valence-electron chi connectivity index (χ0n) is 35.2. The second kappa shape index (κ2) is 14.6. The molecule has 0 spiro atoms. The molecule has 298 valence electrons. The van der Waals surface area contributed by atoms with Gasteiger partial charge in [0.05, 0.1) is 5.69 Å². The lowest BCUT2D eigenvalue weighted by molar-refractivity contribution is 0.662. The fourth-order valence-corrected chi connectivity index (χ4v) is 10.3. The summed E-state index contributed by atoms with van der Waals surface area (Å²) in [7, 11) is 0. The summed E-state index contributed by atoms with van der Waals surface area (Å²) < 4.78 is 6.63. The van der Waals surface area contributed by atoms with Crippen LogP contribution < -0.4 is 4.90 Å². The summed E-state index contributed by atoms with van der Waals surface area (Å²) in [6.45, 7) is 4.72. The predicted octanol–water partition coefficient (Wildman–Crippen LogP) is 17.2. The molecule has 1 aliphatic rings. The Kier molecular flexibility index (Phi) is 8.55. The number of nitrogens with zero attached hydrogens (tertiary/aromatic N) is 1. The molecule has 11 aromatic rings. The van der Waals surface area contributed by atoms with Gasteiger partial charge in [-0.25, -0.2) is 0 Å². The van der Waals surface area contributed by atoms with Crippen LogP contribution >= 0.6 is 0 Å². The molecule has 10 aromatic carbocycles. The number of benzene rings is 10. The Morgan fingerprint density at radius 1 is 0.349 bits per heavy atom. The highest BCUT2D eigenvalue weighted by molar-refractivity contribution is 6.11. The average molecular weight is 806 g/mol. The van der Waals surface area contributed by atoms with Gasteiger partial charge in [0.1, 0.15) is 11.2 Å². The van der Waals surface area contributed by atoms with E-state index in [2.05, 4.69) is 237 Å². The van der Waals surface area contributed by atoms with Crippen LogP contribution in [0, 0.1) is 0 Å². The largest absolute Gasteiger partial charge is 0.455 e. The lowest BCUT2D eigenvalue weighted by Gasteiger charge is -2.28. The maximum atomic E-state index is 6.63. The topological polar surface area (TPSA) is 16.4 Å². The number of hydrogen-bond acceptors (Lipinski definition) is 2. The quantitative estimate of drug-likeness (QED) is 0.160. The van der Waals surface area contributed by atoms with E-state index in [4.69, 9.17) is 4.42 Å². The second-order valence-electron chi connectivity index (χ2n) is 17.2. The summed E-state index contributed by atoms with van der Waals surface area (Å²) in [5.74, 6) is 0. The Balaban J connectivity index is 0.964. The summed E-state index contributed by atoms with van der Waals surface area (Å²) in [5.41, 5.74) is 19.8. The van der Waals surface area contributed by atoms with Crippen molar-refractivity contribution in [3.8, 4) is 55.6 Å². The molecule has 1 aliphatic carbocycles. The third-order valence-corrected chi connectivity index (χ3v) is 13.3. The van der Waals surface area contributed by atoms with E-state index >= 15 is 0 Å². The van der Waals surface area contributed by atoms with Gasteiger partial charge in [-0.15, -0.1) is 0 Å². The zero-order valence-corrected chi connectivity index (χ0v) is 35.2. The number of fused-ring (bicyclic) bond motifs is 7. The Hall–Kier alpha value is -7.94. The predicted molar refractivity (Wildman–Crippen MR) is 265 cm³/mol. The first-order valence-corrected chi connectivity index (χ1v) is 21.8. The van der Waals surface area contributed by atoms with Gasteiger partial charge >= 0.3 is 0 Å². The first-order chi connectivity index (χ1) is 31.0. The second-order valence-corrected chi connectivity index (χ2v) is 17.2. The Morgan fingerprint density at radius 3 is 1.63 bits per heavy atom. The van der Waals surface area contributed by atoms with Gasteiger partial charge < -0.3 is 9.32 Å². The highest BCUT2D eigenvalue weighted by Gasteiger charge is 2.37. The molecular weight excluding hydrogens is 763 g/mol. The molecule has 0 fully saturated rings. The highest BCUT2D eigenvalue weighted by atomic mass is 16.3. The van der Waals surface area contributed by atoms with E-state index in [1.54, 1.807) is 0 Å². The standard InChI is InChI=1S/C61H43NO/c1-61(2)56-25-8-5-17-50(56)53-22-12-21-49(59(53)61)44-34-38-46(39-35-44)62(57-26-9-6-18-51(57)54-23-13-24-55-52-19-7-10-27-58(52)63-60(54)55)45-36-32-41(33-37-45)40-28-30-43(31-29-40)48-20-11-15-42-14-3-4-16-47(42)48/h3-39H,1-2H3. The van der Waals surface area contributed by atoms with Gasteiger partial charge in [0.25, 0.3) is 0 Å². The molecule has 0 aliphatic heterocycles. The lowest BCUT2D eigenvalue weighted by Crippen LogP contribution is -2.16.